The predicted octanol–water partition coefficient (Wildman–Crippen LogP) is 1.53. The van der Waals surface area contributed by atoms with E-state index in [2.05, 4.69) is 5.10 Å². The third kappa shape index (κ3) is 2.90. The number of likely N-dealkylation sites (N-methyl/N-ethyl adjacent to an activating group) is 1. The molecule has 0 aliphatic carbocycles. The molecule has 6 heteroatoms. The number of hydrogen-bond acceptors (Lipinski definition) is 4. The molecular formula is C14H18N4O2. The molecule has 106 valence electrons. The Morgan fingerprint density at radius 3 is 2.80 bits per heavy atom. The summed E-state index contributed by atoms with van der Waals surface area (Å²) in [6, 6.07) is 6.62. The van der Waals surface area contributed by atoms with Crippen molar-refractivity contribution in [3.63, 3.8) is 0 Å². The first-order valence-corrected chi connectivity index (χ1v) is 6.40. The van der Waals surface area contributed by atoms with Crippen LogP contribution in [0.25, 0.3) is 0 Å². The predicted molar refractivity (Wildman–Crippen MR) is 77.5 cm³/mol. The van der Waals surface area contributed by atoms with Crippen LogP contribution in [-0.4, -0.2) is 27.3 Å². The monoisotopic (exact) mass is 274 g/mol. The van der Waals surface area contributed by atoms with E-state index in [-0.39, 0.29) is 18.2 Å². The van der Waals surface area contributed by atoms with E-state index in [4.69, 9.17) is 5.73 Å². The number of nitrogens with zero attached hydrogens (tertiary/aromatic N) is 3. The summed E-state index contributed by atoms with van der Waals surface area (Å²) in [5, 5.41) is 13.6. The van der Waals surface area contributed by atoms with Crippen LogP contribution in [-0.2, 0) is 11.3 Å². The largest absolute Gasteiger partial charge is 0.508 e. The van der Waals surface area contributed by atoms with Gasteiger partial charge in [-0.15, -0.1) is 0 Å². The van der Waals surface area contributed by atoms with E-state index in [1.165, 1.54) is 4.68 Å². The Hall–Kier alpha value is -2.50. The molecule has 0 unspecified atom stereocenters. The van der Waals surface area contributed by atoms with Crippen molar-refractivity contribution < 1.29 is 9.90 Å². The van der Waals surface area contributed by atoms with Crippen LogP contribution in [0.5, 0.6) is 5.75 Å². The van der Waals surface area contributed by atoms with Crippen LogP contribution < -0.4 is 10.6 Å². The molecule has 2 rings (SSSR count). The molecule has 1 aromatic heterocycles. The zero-order chi connectivity index (χ0) is 14.7. The molecule has 1 aromatic carbocycles. The van der Waals surface area contributed by atoms with Gasteiger partial charge in [0.1, 0.15) is 18.1 Å². The number of nitrogens with two attached hydrogens (primary N) is 1. The standard InChI is InChI=1S/C14H18N4O2/c1-3-18(12-8-11(19)5-4-10(12)2)14(20)9-17-7-6-13(15)16-17/h4-8,19H,3,9H2,1-2H3,(H2,15,16). The molecule has 20 heavy (non-hydrogen) atoms. The number of amides is 1. The van der Waals surface area contributed by atoms with Crippen molar-refractivity contribution in [1.29, 1.82) is 0 Å². The Labute approximate surface area is 117 Å². The highest BCUT2D eigenvalue weighted by Crippen LogP contribution is 2.25. The van der Waals surface area contributed by atoms with E-state index in [9.17, 15) is 9.90 Å². The summed E-state index contributed by atoms with van der Waals surface area (Å²) in [6.07, 6.45) is 1.66. The minimum absolute atomic E-state index is 0.107. The van der Waals surface area contributed by atoms with E-state index in [1.807, 2.05) is 13.8 Å². The lowest BCUT2D eigenvalue weighted by atomic mass is 10.1. The van der Waals surface area contributed by atoms with E-state index in [1.54, 1.807) is 35.4 Å². The molecular weight excluding hydrogens is 256 g/mol. The molecule has 3 N–H and O–H groups in total. The summed E-state index contributed by atoms with van der Waals surface area (Å²) >= 11 is 0. The fourth-order valence-corrected chi connectivity index (χ4v) is 2.06. The smallest absolute Gasteiger partial charge is 0.248 e. The Kier molecular flexibility index (Phi) is 3.93. The zero-order valence-electron chi connectivity index (χ0n) is 11.6. The Morgan fingerprint density at radius 1 is 1.45 bits per heavy atom. The normalized spacial score (nSPS) is 10.5. The maximum atomic E-state index is 12.4. The second-order valence-corrected chi connectivity index (χ2v) is 4.55. The third-order valence-corrected chi connectivity index (χ3v) is 3.06. The van der Waals surface area contributed by atoms with Gasteiger partial charge in [0.2, 0.25) is 5.91 Å². The molecule has 0 saturated heterocycles. The average Bonchev–Trinajstić information content (AvgIpc) is 2.80. The van der Waals surface area contributed by atoms with E-state index < -0.39 is 0 Å². The highest BCUT2D eigenvalue weighted by Gasteiger charge is 2.17. The maximum Gasteiger partial charge on any atom is 0.248 e. The maximum absolute atomic E-state index is 12.4. The van der Waals surface area contributed by atoms with E-state index in [0.29, 0.717) is 18.1 Å². The number of benzene rings is 1. The fraction of sp³-hybridized carbons (Fsp3) is 0.286. The summed E-state index contributed by atoms with van der Waals surface area (Å²) in [7, 11) is 0. The van der Waals surface area contributed by atoms with Gasteiger partial charge in [-0.25, -0.2) is 0 Å². The van der Waals surface area contributed by atoms with E-state index >= 15 is 0 Å². The van der Waals surface area contributed by atoms with Gasteiger partial charge in [0, 0.05) is 18.8 Å². The van der Waals surface area contributed by atoms with Gasteiger partial charge in [-0.05, 0) is 31.5 Å². The van der Waals surface area contributed by atoms with Crippen LogP contribution in [0.15, 0.2) is 30.5 Å². The van der Waals surface area contributed by atoms with Gasteiger partial charge in [0.15, 0.2) is 0 Å². The second kappa shape index (κ2) is 5.64. The minimum Gasteiger partial charge on any atom is -0.508 e. The van der Waals surface area contributed by atoms with Crippen molar-refractivity contribution in [2.24, 2.45) is 0 Å². The van der Waals surface area contributed by atoms with Gasteiger partial charge in [-0.1, -0.05) is 6.07 Å². The number of aromatic nitrogens is 2. The minimum atomic E-state index is -0.107. The van der Waals surface area contributed by atoms with Gasteiger partial charge in [-0.3, -0.25) is 9.48 Å². The van der Waals surface area contributed by atoms with Crippen LogP contribution >= 0.6 is 0 Å². The number of carbonyl (C=O) groups is 1. The van der Waals surface area contributed by atoms with Gasteiger partial charge in [0.25, 0.3) is 0 Å². The zero-order valence-corrected chi connectivity index (χ0v) is 11.6. The molecule has 0 aliphatic heterocycles. The Bertz CT molecular complexity index is 621. The van der Waals surface area contributed by atoms with Crippen molar-refractivity contribution in [2.45, 2.75) is 20.4 Å². The summed E-state index contributed by atoms with van der Waals surface area (Å²) < 4.78 is 1.50. The van der Waals surface area contributed by atoms with Gasteiger partial charge in [0.05, 0.1) is 5.69 Å². The molecule has 1 heterocycles. The molecule has 0 radical (unpaired) electrons. The first-order chi connectivity index (χ1) is 9.51. The molecule has 0 aliphatic rings. The molecule has 0 saturated carbocycles. The second-order valence-electron chi connectivity index (χ2n) is 4.55. The van der Waals surface area contributed by atoms with Crippen LogP contribution in [0.2, 0.25) is 0 Å². The molecule has 0 fully saturated rings. The number of hydrogen-bond donors (Lipinski definition) is 2. The van der Waals surface area contributed by atoms with Crippen molar-refractivity contribution in [1.82, 2.24) is 9.78 Å². The van der Waals surface area contributed by atoms with E-state index in [0.717, 1.165) is 5.56 Å². The van der Waals surface area contributed by atoms with Crippen molar-refractivity contribution in [2.75, 3.05) is 17.2 Å². The number of carbonyl (C=O) groups excluding carboxylic acids is 1. The highest BCUT2D eigenvalue weighted by molar-refractivity contribution is 5.94. The van der Waals surface area contributed by atoms with Crippen molar-refractivity contribution in [3.05, 3.63) is 36.0 Å². The molecule has 0 spiro atoms. The fourth-order valence-electron chi connectivity index (χ4n) is 2.06. The summed E-state index contributed by atoms with van der Waals surface area (Å²) in [5.41, 5.74) is 7.16. The Morgan fingerprint density at radius 2 is 2.20 bits per heavy atom. The summed E-state index contributed by atoms with van der Waals surface area (Å²) in [6.45, 7) is 4.41. The number of rotatable bonds is 4. The van der Waals surface area contributed by atoms with Crippen LogP contribution in [0.4, 0.5) is 11.5 Å². The molecule has 0 atom stereocenters. The third-order valence-electron chi connectivity index (χ3n) is 3.06. The number of phenols is 1. The number of nitrogen functional groups attached to an aromatic ring is 1. The summed E-state index contributed by atoms with van der Waals surface area (Å²) in [4.78, 5) is 14.0. The molecule has 0 bridgehead atoms. The average molecular weight is 274 g/mol. The highest BCUT2D eigenvalue weighted by atomic mass is 16.3. The number of aromatic hydroxyl groups is 1. The summed E-state index contributed by atoms with van der Waals surface area (Å²) in [5.74, 6) is 0.416. The lowest BCUT2D eigenvalue weighted by molar-refractivity contribution is -0.119. The van der Waals surface area contributed by atoms with Gasteiger partial charge >= 0.3 is 0 Å². The lowest BCUT2D eigenvalue weighted by Gasteiger charge is -2.23. The Balaban J connectivity index is 2.23. The van der Waals surface area contributed by atoms with Crippen LogP contribution in [0.3, 0.4) is 0 Å². The lowest BCUT2D eigenvalue weighted by Crippen LogP contribution is -2.34. The van der Waals surface area contributed by atoms with Crippen molar-refractivity contribution >= 4 is 17.4 Å². The first kappa shape index (κ1) is 13.9. The van der Waals surface area contributed by atoms with Crippen molar-refractivity contribution in [3.8, 4) is 5.75 Å². The number of phenolic OH excluding ortho intramolecular Hbond substituents is 1. The van der Waals surface area contributed by atoms with Crippen LogP contribution in [0.1, 0.15) is 12.5 Å². The molecule has 1 amide bonds. The molecule has 2 aromatic rings. The number of anilines is 2. The quantitative estimate of drug-likeness (QED) is 0.885. The molecule has 6 nitrogen and oxygen atoms in total. The van der Waals surface area contributed by atoms with Gasteiger partial charge in [-0.2, -0.15) is 5.10 Å². The first-order valence-electron chi connectivity index (χ1n) is 6.40. The van der Waals surface area contributed by atoms with Crippen LogP contribution in [0, 0.1) is 6.92 Å². The van der Waals surface area contributed by atoms with Gasteiger partial charge < -0.3 is 15.7 Å². The SMILES string of the molecule is CCN(C(=O)Cn1ccc(N)n1)c1cc(O)ccc1C. The number of aryl methyl sites for hydroxylation is 1. The topological polar surface area (TPSA) is 84.4 Å².